The zero-order chi connectivity index (χ0) is 20.5. The van der Waals surface area contributed by atoms with Gasteiger partial charge in [-0.3, -0.25) is 14.9 Å². The van der Waals surface area contributed by atoms with E-state index in [1.54, 1.807) is 6.07 Å². The minimum absolute atomic E-state index is 0.0334. The Kier molecular flexibility index (Phi) is 7.50. The first-order valence-corrected chi connectivity index (χ1v) is 9.04. The van der Waals surface area contributed by atoms with E-state index < -0.39 is 16.9 Å². The van der Waals surface area contributed by atoms with Gasteiger partial charge in [0.15, 0.2) is 11.9 Å². The molecular formula is C20H24N4O4. The third kappa shape index (κ3) is 5.54. The summed E-state index contributed by atoms with van der Waals surface area (Å²) in [5.74, 6) is -0.472. The van der Waals surface area contributed by atoms with Crippen LogP contribution in [0.4, 0.5) is 11.4 Å². The van der Waals surface area contributed by atoms with Crippen LogP contribution in [-0.4, -0.2) is 36.2 Å². The lowest BCUT2D eigenvalue weighted by Crippen LogP contribution is -2.33. The summed E-state index contributed by atoms with van der Waals surface area (Å²) in [5, 5.41) is 14.9. The van der Waals surface area contributed by atoms with Crippen LogP contribution in [0.5, 0.6) is 5.75 Å². The van der Waals surface area contributed by atoms with Crippen molar-refractivity contribution in [3.8, 4) is 5.75 Å². The van der Waals surface area contributed by atoms with Crippen LogP contribution in [-0.2, 0) is 4.79 Å². The molecule has 1 unspecified atom stereocenters. The zero-order valence-corrected chi connectivity index (χ0v) is 16.2. The van der Waals surface area contributed by atoms with E-state index in [4.69, 9.17) is 4.74 Å². The monoisotopic (exact) mass is 384 g/mol. The van der Waals surface area contributed by atoms with Gasteiger partial charge in [-0.2, -0.15) is 5.10 Å². The number of anilines is 1. The lowest BCUT2D eigenvalue weighted by Gasteiger charge is -2.20. The Morgan fingerprint density at radius 3 is 2.46 bits per heavy atom. The molecular weight excluding hydrogens is 360 g/mol. The van der Waals surface area contributed by atoms with Crippen molar-refractivity contribution in [3.63, 3.8) is 0 Å². The number of benzene rings is 2. The fourth-order valence-electron chi connectivity index (χ4n) is 2.57. The number of para-hydroxylation sites is 2. The highest BCUT2D eigenvalue weighted by molar-refractivity contribution is 5.84. The summed E-state index contributed by atoms with van der Waals surface area (Å²) in [6.07, 6.45) is 0.588. The molecule has 8 nitrogen and oxygen atoms in total. The van der Waals surface area contributed by atoms with Gasteiger partial charge in [0.2, 0.25) is 0 Å². The molecule has 8 heteroatoms. The summed E-state index contributed by atoms with van der Waals surface area (Å²) in [4.78, 5) is 24.8. The minimum atomic E-state index is -0.941. The number of carbonyl (C=O) groups excluding carboxylic acids is 1. The molecule has 0 spiro atoms. The molecule has 2 aromatic rings. The number of nitro benzene ring substituents is 1. The molecule has 0 fully saturated rings. The second kappa shape index (κ2) is 10.1. The highest BCUT2D eigenvalue weighted by atomic mass is 16.6. The number of ether oxygens (including phenoxy) is 1. The maximum Gasteiger partial charge on any atom is 0.310 e. The number of nitrogens with one attached hydrogen (secondary N) is 1. The molecule has 0 aromatic heterocycles. The molecule has 1 atom stereocenters. The molecule has 2 rings (SSSR count). The van der Waals surface area contributed by atoms with Gasteiger partial charge in [-0.05, 0) is 44.5 Å². The summed E-state index contributed by atoms with van der Waals surface area (Å²) >= 11 is 0. The van der Waals surface area contributed by atoms with Crippen molar-refractivity contribution < 1.29 is 14.5 Å². The van der Waals surface area contributed by atoms with Crippen LogP contribution in [0.1, 0.15) is 26.3 Å². The van der Waals surface area contributed by atoms with E-state index in [9.17, 15) is 14.9 Å². The number of nitrogens with zero attached hydrogens (tertiary/aromatic N) is 3. The molecule has 0 aliphatic rings. The van der Waals surface area contributed by atoms with Crippen molar-refractivity contribution in [2.75, 3.05) is 18.0 Å². The maximum absolute atomic E-state index is 12.1. The molecule has 28 heavy (non-hydrogen) atoms. The van der Waals surface area contributed by atoms with Gasteiger partial charge < -0.3 is 9.64 Å². The molecule has 0 radical (unpaired) electrons. The fourth-order valence-corrected chi connectivity index (χ4v) is 2.57. The fraction of sp³-hybridized carbons (Fsp3) is 0.300. The molecule has 0 bridgehead atoms. The van der Waals surface area contributed by atoms with E-state index in [0.29, 0.717) is 0 Å². The van der Waals surface area contributed by atoms with Gasteiger partial charge in [-0.25, -0.2) is 5.43 Å². The van der Waals surface area contributed by atoms with Crippen molar-refractivity contribution in [2.24, 2.45) is 5.10 Å². The molecule has 0 aliphatic carbocycles. The molecule has 1 amide bonds. The Balaban J connectivity index is 1.93. The molecule has 0 heterocycles. The van der Waals surface area contributed by atoms with Gasteiger partial charge in [-0.15, -0.1) is 0 Å². The molecule has 0 saturated heterocycles. The molecule has 148 valence electrons. The second-order valence-electron chi connectivity index (χ2n) is 5.98. The summed E-state index contributed by atoms with van der Waals surface area (Å²) in [6.45, 7) is 7.55. The van der Waals surface area contributed by atoms with E-state index in [1.165, 1.54) is 31.3 Å². The van der Waals surface area contributed by atoms with Crippen LogP contribution < -0.4 is 15.1 Å². The highest BCUT2D eigenvalue weighted by Crippen LogP contribution is 2.26. The Bertz CT molecular complexity index is 832. The van der Waals surface area contributed by atoms with E-state index in [2.05, 4.69) is 29.3 Å². The molecule has 0 saturated carbocycles. The first kappa shape index (κ1) is 20.9. The smallest absolute Gasteiger partial charge is 0.310 e. The van der Waals surface area contributed by atoms with Crippen LogP contribution in [0.3, 0.4) is 0 Å². The third-order valence-corrected chi connectivity index (χ3v) is 4.14. The maximum atomic E-state index is 12.1. The first-order chi connectivity index (χ1) is 13.5. The van der Waals surface area contributed by atoms with Gasteiger partial charge >= 0.3 is 5.69 Å². The van der Waals surface area contributed by atoms with Crippen molar-refractivity contribution >= 4 is 23.5 Å². The normalized spacial score (nSPS) is 11.8. The van der Waals surface area contributed by atoms with Gasteiger partial charge in [0.1, 0.15) is 0 Å². The largest absolute Gasteiger partial charge is 0.474 e. The predicted molar refractivity (Wildman–Crippen MR) is 109 cm³/mol. The lowest BCUT2D eigenvalue weighted by molar-refractivity contribution is -0.386. The summed E-state index contributed by atoms with van der Waals surface area (Å²) in [5.41, 5.74) is 4.15. The summed E-state index contributed by atoms with van der Waals surface area (Å²) < 4.78 is 5.40. The zero-order valence-electron chi connectivity index (χ0n) is 16.2. The SMILES string of the molecule is CCN(CC)c1ccc(/C=N\NC(=O)C(C)Oc2ccccc2[N+](=O)[O-])cc1. The second-order valence-corrected chi connectivity index (χ2v) is 5.98. The quantitative estimate of drug-likeness (QED) is 0.406. The van der Waals surface area contributed by atoms with Crippen LogP contribution in [0, 0.1) is 10.1 Å². The minimum Gasteiger partial charge on any atom is -0.474 e. The standard InChI is InChI=1S/C20H24N4O4/c1-4-23(5-2)17-12-10-16(11-13-17)14-21-22-20(25)15(3)28-19-9-7-6-8-18(19)24(26)27/h6-15H,4-5H2,1-3H3,(H,22,25)/b21-14-. The van der Waals surface area contributed by atoms with Crippen molar-refractivity contribution in [2.45, 2.75) is 26.9 Å². The Labute approximate surface area is 164 Å². The van der Waals surface area contributed by atoms with E-state index in [0.717, 1.165) is 24.3 Å². The van der Waals surface area contributed by atoms with Crippen molar-refractivity contribution in [1.29, 1.82) is 0 Å². The van der Waals surface area contributed by atoms with Crippen molar-refractivity contribution in [1.82, 2.24) is 5.43 Å². The number of hydrazone groups is 1. The number of hydrogen-bond donors (Lipinski definition) is 1. The number of carbonyl (C=O) groups is 1. The van der Waals surface area contributed by atoms with Gasteiger partial charge in [-0.1, -0.05) is 24.3 Å². The highest BCUT2D eigenvalue weighted by Gasteiger charge is 2.20. The van der Waals surface area contributed by atoms with Crippen molar-refractivity contribution in [3.05, 3.63) is 64.2 Å². The van der Waals surface area contributed by atoms with E-state index >= 15 is 0 Å². The Morgan fingerprint density at radius 1 is 1.21 bits per heavy atom. The summed E-state index contributed by atoms with van der Waals surface area (Å²) in [7, 11) is 0. The van der Waals surface area contributed by atoms with Crippen LogP contribution in [0.25, 0.3) is 0 Å². The number of nitro groups is 1. The third-order valence-electron chi connectivity index (χ3n) is 4.14. The average Bonchev–Trinajstić information content (AvgIpc) is 2.70. The number of hydrogen-bond acceptors (Lipinski definition) is 6. The predicted octanol–water partition coefficient (Wildman–Crippen LogP) is 3.36. The lowest BCUT2D eigenvalue weighted by atomic mass is 10.2. The van der Waals surface area contributed by atoms with Gasteiger partial charge in [0.25, 0.3) is 5.91 Å². The number of amides is 1. The summed E-state index contributed by atoms with van der Waals surface area (Å²) in [6, 6.07) is 13.7. The Hall–Kier alpha value is -3.42. The topological polar surface area (TPSA) is 97.1 Å². The molecule has 1 N–H and O–H groups in total. The number of rotatable bonds is 9. The van der Waals surface area contributed by atoms with Gasteiger partial charge in [0, 0.05) is 24.8 Å². The van der Waals surface area contributed by atoms with Crippen LogP contribution in [0.2, 0.25) is 0 Å². The Morgan fingerprint density at radius 2 is 1.86 bits per heavy atom. The van der Waals surface area contributed by atoms with Crippen LogP contribution >= 0.6 is 0 Å². The van der Waals surface area contributed by atoms with E-state index in [1.807, 2.05) is 24.3 Å². The molecule has 2 aromatic carbocycles. The first-order valence-electron chi connectivity index (χ1n) is 9.04. The van der Waals surface area contributed by atoms with Crippen LogP contribution in [0.15, 0.2) is 53.6 Å². The van der Waals surface area contributed by atoms with Gasteiger partial charge in [0.05, 0.1) is 11.1 Å². The average molecular weight is 384 g/mol. The van der Waals surface area contributed by atoms with E-state index in [-0.39, 0.29) is 11.4 Å². The molecule has 0 aliphatic heterocycles.